The summed E-state index contributed by atoms with van der Waals surface area (Å²) in [7, 11) is 4.21. The van der Waals surface area contributed by atoms with Crippen LogP contribution in [-0.4, -0.2) is 25.0 Å². The number of rotatable bonds is 2. The van der Waals surface area contributed by atoms with Gasteiger partial charge in [0, 0.05) is 6.04 Å². The van der Waals surface area contributed by atoms with Gasteiger partial charge in [-0.15, -0.1) is 0 Å². The molecule has 0 amide bonds. The van der Waals surface area contributed by atoms with Gasteiger partial charge in [0.1, 0.15) is 0 Å². The average Bonchev–Trinajstić information content (AvgIpc) is 2.10. The molecule has 0 fully saturated rings. The van der Waals surface area contributed by atoms with Crippen molar-refractivity contribution >= 4 is 0 Å². The van der Waals surface area contributed by atoms with Gasteiger partial charge in [0.25, 0.3) is 0 Å². The lowest BCUT2D eigenvalue weighted by molar-refractivity contribution is 0.307. The van der Waals surface area contributed by atoms with Crippen molar-refractivity contribution in [2.75, 3.05) is 14.1 Å². The molecule has 1 atom stereocenters. The third-order valence-corrected chi connectivity index (χ3v) is 1.47. The Hall–Kier alpha value is -0.0400. The van der Waals surface area contributed by atoms with E-state index in [2.05, 4.69) is 32.8 Å². The van der Waals surface area contributed by atoms with Crippen molar-refractivity contribution in [1.29, 1.82) is 0 Å². The summed E-state index contributed by atoms with van der Waals surface area (Å²) in [4.78, 5) is 2.22. The summed E-state index contributed by atoms with van der Waals surface area (Å²) in [5.74, 6) is 0. The first-order valence-electron chi connectivity index (χ1n) is 4.85. The predicted octanol–water partition coefficient (Wildman–Crippen LogP) is 3.40. The highest BCUT2D eigenvalue weighted by Gasteiger charge is 1.96. The Morgan fingerprint density at radius 3 is 1.27 bits per heavy atom. The van der Waals surface area contributed by atoms with Crippen molar-refractivity contribution in [2.24, 2.45) is 0 Å². The molecule has 1 nitrogen and oxygen atoms in total. The monoisotopic (exact) mass is 161 g/mol. The first kappa shape index (κ1) is 17.2. The Morgan fingerprint density at radius 2 is 1.27 bits per heavy atom. The third-order valence-electron chi connectivity index (χ3n) is 1.47. The van der Waals surface area contributed by atoms with Gasteiger partial charge in [0.15, 0.2) is 0 Å². The minimum absolute atomic E-state index is 0.736. The second-order valence-corrected chi connectivity index (χ2v) is 2.22. The molecule has 0 heterocycles. The molecule has 0 bridgehead atoms. The molecule has 72 valence electrons. The van der Waals surface area contributed by atoms with Crippen LogP contribution in [-0.2, 0) is 0 Å². The summed E-state index contributed by atoms with van der Waals surface area (Å²) in [5, 5.41) is 0. The van der Waals surface area contributed by atoms with Gasteiger partial charge in [-0.1, -0.05) is 34.6 Å². The van der Waals surface area contributed by atoms with Gasteiger partial charge in [-0.2, -0.15) is 0 Å². The molecular formula is C10H27N. The molecule has 0 saturated heterocycles. The molecule has 11 heavy (non-hydrogen) atoms. The molecule has 0 saturated carbocycles. The van der Waals surface area contributed by atoms with E-state index < -0.39 is 0 Å². The molecule has 0 spiro atoms. The van der Waals surface area contributed by atoms with E-state index in [4.69, 9.17) is 0 Å². The van der Waals surface area contributed by atoms with Crippen molar-refractivity contribution in [3.63, 3.8) is 0 Å². The van der Waals surface area contributed by atoms with E-state index in [1.807, 2.05) is 27.7 Å². The molecule has 0 aliphatic heterocycles. The summed E-state index contributed by atoms with van der Waals surface area (Å²) in [6, 6.07) is 0.736. The van der Waals surface area contributed by atoms with E-state index in [1.165, 1.54) is 6.42 Å². The van der Waals surface area contributed by atoms with E-state index in [9.17, 15) is 0 Å². The molecular weight excluding hydrogens is 134 g/mol. The first-order chi connectivity index (χ1) is 5.18. The van der Waals surface area contributed by atoms with Gasteiger partial charge < -0.3 is 4.90 Å². The summed E-state index contributed by atoms with van der Waals surface area (Å²) < 4.78 is 0. The minimum Gasteiger partial charge on any atom is -0.307 e. The van der Waals surface area contributed by atoms with E-state index >= 15 is 0 Å². The van der Waals surface area contributed by atoms with Crippen LogP contribution in [0.3, 0.4) is 0 Å². The summed E-state index contributed by atoms with van der Waals surface area (Å²) in [6.07, 6.45) is 1.24. The molecule has 0 aromatic heterocycles. The fourth-order valence-electron chi connectivity index (χ4n) is 0.365. The van der Waals surface area contributed by atoms with E-state index in [0.29, 0.717) is 0 Å². The predicted molar refractivity (Wildman–Crippen MR) is 56.1 cm³/mol. The lowest BCUT2D eigenvalue weighted by Crippen LogP contribution is -2.23. The summed E-state index contributed by atoms with van der Waals surface area (Å²) >= 11 is 0. The SMILES string of the molecule is CC.CC.CCC(C)N(C)C. The zero-order chi connectivity index (χ0) is 9.86. The van der Waals surface area contributed by atoms with Crippen LogP contribution < -0.4 is 0 Å². The van der Waals surface area contributed by atoms with Crippen LogP contribution in [0.1, 0.15) is 48.0 Å². The minimum atomic E-state index is 0.736. The summed E-state index contributed by atoms with van der Waals surface area (Å²) in [6.45, 7) is 12.4. The van der Waals surface area contributed by atoms with Gasteiger partial charge in [0.2, 0.25) is 0 Å². The fourth-order valence-corrected chi connectivity index (χ4v) is 0.365. The van der Waals surface area contributed by atoms with Crippen LogP contribution in [0.15, 0.2) is 0 Å². The maximum absolute atomic E-state index is 2.22. The molecule has 0 aliphatic carbocycles. The molecule has 0 radical (unpaired) electrons. The molecule has 0 aromatic rings. The Balaban J connectivity index is -0.000000138. The van der Waals surface area contributed by atoms with Gasteiger partial charge in [-0.25, -0.2) is 0 Å². The largest absolute Gasteiger partial charge is 0.307 e. The maximum Gasteiger partial charge on any atom is 0.00582 e. The standard InChI is InChI=1S/C6H15N.2C2H6/c1-5-6(2)7(3)4;2*1-2/h6H,5H2,1-4H3;2*1-2H3. The second kappa shape index (κ2) is 16.5. The Kier molecular flexibility index (Phi) is 25.7. The Labute approximate surface area is 73.8 Å². The van der Waals surface area contributed by atoms with Gasteiger partial charge in [-0.05, 0) is 27.4 Å². The first-order valence-corrected chi connectivity index (χ1v) is 4.85. The van der Waals surface area contributed by atoms with Crippen molar-refractivity contribution in [2.45, 2.75) is 54.0 Å². The zero-order valence-corrected chi connectivity index (χ0v) is 9.73. The third kappa shape index (κ3) is 17.8. The molecule has 0 aromatic carbocycles. The highest BCUT2D eigenvalue weighted by Crippen LogP contribution is 1.93. The van der Waals surface area contributed by atoms with Crippen LogP contribution in [0.25, 0.3) is 0 Å². The van der Waals surface area contributed by atoms with Crippen molar-refractivity contribution in [1.82, 2.24) is 4.90 Å². The molecule has 1 unspecified atom stereocenters. The second-order valence-electron chi connectivity index (χ2n) is 2.22. The Bertz CT molecular complexity index is 42.1. The average molecular weight is 161 g/mol. The normalized spacial score (nSPS) is 10.6. The van der Waals surface area contributed by atoms with Gasteiger partial charge in [0.05, 0.1) is 0 Å². The van der Waals surface area contributed by atoms with Crippen LogP contribution in [0.2, 0.25) is 0 Å². The van der Waals surface area contributed by atoms with Crippen molar-refractivity contribution < 1.29 is 0 Å². The zero-order valence-electron chi connectivity index (χ0n) is 9.73. The lowest BCUT2D eigenvalue weighted by atomic mass is 10.2. The maximum atomic E-state index is 2.22. The van der Waals surface area contributed by atoms with Crippen molar-refractivity contribution in [3.8, 4) is 0 Å². The van der Waals surface area contributed by atoms with E-state index in [1.54, 1.807) is 0 Å². The van der Waals surface area contributed by atoms with E-state index in [-0.39, 0.29) is 0 Å². The van der Waals surface area contributed by atoms with E-state index in [0.717, 1.165) is 6.04 Å². The van der Waals surface area contributed by atoms with Gasteiger partial charge >= 0.3 is 0 Å². The molecule has 1 heteroatoms. The van der Waals surface area contributed by atoms with Crippen LogP contribution in [0.5, 0.6) is 0 Å². The molecule has 0 rings (SSSR count). The van der Waals surface area contributed by atoms with Gasteiger partial charge in [-0.3, -0.25) is 0 Å². The quantitative estimate of drug-likeness (QED) is 0.600. The van der Waals surface area contributed by atoms with Crippen LogP contribution in [0, 0.1) is 0 Å². The number of hydrogen-bond donors (Lipinski definition) is 0. The lowest BCUT2D eigenvalue weighted by Gasteiger charge is -2.16. The number of hydrogen-bond acceptors (Lipinski definition) is 1. The fraction of sp³-hybridized carbons (Fsp3) is 1.00. The molecule has 0 N–H and O–H groups in total. The Morgan fingerprint density at radius 1 is 1.00 bits per heavy atom. The summed E-state index contributed by atoms with van der Waals surface area (Å²) in [5.41, 5.74) is 0. The van der Waals surface area contributed by atoms with Crippen LogP contribution >= 0.6 is 0 Å². The smallest absolute Gasteiger partial charge is 0.00582 e. The topological polar surface area (TPSA) is 3.24 Å². The highest BCUT2D eigenvalue weighted by molar-refractivity contribution is 4.53. The highest BCUT2D eigenvalue weighted by atomic mass is 15.1. The number of nitrogens with zero attached hydrogens (tertiary/aromatic N) is 1. The van der Waals surface area contributed by atoms with Crippen molar-refractivity contribution in [3.05, 3.63) is 0 Å². The molecule has 0 aliphatic rings. The van der Waals surface area contributed by atoms with Crippen LogP contribution in [0.4, 0.5) is 0 Å².